The molecule has 0 aliphatic heterocycles. The third-order valence-electron chi connectivity index (χ3n) is 5.16. The Balaban J connectivity index is 1.92. The number of alkyl halides is 2. The van der Waals surface area contributed by atoms with Crippen molar-refractivity contribution in [2.75, 3.05) is 6.61 Å². The number of benzene rings is 1. The van der Waals surface area contributed by atoms with E-state index in [0.717, 1.165) is 22.5 Å². The van der Waals surface area contributed by atoms with Crippen molar-refractivity contribution in [1.82, 2.24) is 15.1 Å². The van der Waals surface area contributed by atoms with Crippen LogP contribution >= 0.6 is 0 Å². The highest BCUT2D eigenvalue weighted by Crippen LogP contribution is 2.36. The molecule has 29 heavy (non-hydrogen) atoms. The first-order valence-electron chi connectivity index (χ1n) is 9.86. The summed E-state index contributed by atoms with van der Waals surface area (Å²) in [6, 6.07) is 6.37. The Morgan fingerprint density at radius 2 is 2.14 bits per heavy atom. The number of carbonyl (C=O) groups excluding carboxylic acids is 1. The minimum absolute atomic E-state index is 0.0670. The van der Waals surface area contributed by atoms with Gasteiger partial charge in [0.1, 0.15) is 5.75 Å². The molecule has 2 N–H and O–H groups in total. The maximum absolute atomic E-state index is 12.6. The molecule has 6 nitrogen and oxygen atoms in total. The van der Waals surface area contributed by atoms with Crippen LogP contribution in [0.5, 0.6) is 5.75 Å². The number of aliphatic hydroxyl groups excluding tert-OH is 1. The molecular formula is C21H27F2N3O3. The summed E-state index contributed by atoms with van der Waals surface area (Å²) in [5, 5.41) is 16.8. The van der Waals surface area contributed by atoms with Gasteiger partial charge in [0, 0.05) is 41.2 Å². The van der Waals surface area contributed by atoms with E-state index in [1.807, 2.05) is 24.6 Å². The minimum Gasteiger partial charge on any atom is -0.435 e. The normalized spacial score (nSPS) is 17.3. The van der Waals surface area contributed by atoms with Gasteiger partial charge in [-0.1, -0.05) is 12.1 Å². The number of nitrogens with zero attached hydrogens (tertiary/aromatic N) is 2. The van der Waals surface area contributed by atoms with Crippen LogP contribution in [0.1, 0.15) is 44.5 Å². The van der Waals surface area contributed by atoms with E-state index in [1.54, 1.807) is 19.1 Å². The van der Waals surface area contributed by atoms with E-state index in [1.165, 1.54) is 6.07 Å². The zero-order valence-corrected chi connectivity index (χ0v) is 16.9. The summed E-state index contributed by atoms with van der Waals surface area (Å²) in [7, 11) is 0. The standard InChI is InChI=1S/C21H27F2N3O3/c1-12(2)26-18-10-15(20(28)24-13(3)11-27)7-8-17(18)19(25-26)14-5-4-6-16(9-14)29-21(22)23/h4-6,9,12-13,15,21,27H,7-8,10-11H2,1-3H3,(H,24,28)/t13-,15+/m0/s1. The van der Waals surface area contributed by atoms with Gasteiger partial charge >= 0.3 is 6.61 Å². The van der Waals surface area contributed by atoms with Crippen molar-refractivity contribution in [3.63, 3.8) is 0 Å². The van der Waals surface area contributed by atoms with Crippen LogP contribution in [-0.2, 0) is 17.6 Å². The summed E-state index contributed by atoms with van der Waals surface area (Å²) >= 11 is 0. The third-order valence-corrected chi connectivity index (χ3v) is 5.16. The van der Waals surface area contributed by atoms with Crippen LogP contribution < -0.4 is 10.1 Å². The predicted molar refractivity (Wildman–Crippen MR) is 105 cm³/mol. The average molecular weight is 407 g/mol. The lowest BCUT2D eigenvalue weighted by Crippen LogP contribution is -2.41. The molecule has 1 amide bonds. The molecule has 8 heteroatoms. The molecule has 0 radical (unpaired) electrons. The van der Waals surface area contributed by atoms with Gasteiger partial charge < -0.3 is 15.2 Å². The van der Waals surface area contributed by atoms with Crippen LogP contribution in [0, 0.1) is 5.92 Å². The predicted octanol–water partition coefficient (Wildman–Crippen LogP) is 3.33. The van der Waals surface area contributed by atoms with Gasteiger partial charge in [0.25, 0.3) is 0 Å². The Labute approximate surface area is 168 Å². The highest BCUT2D eigenvalue weighted by molar-refractivity contribution is 5.80. The molecule has 2 atom stereocenters. The van der Waals surface area contributed by atoms with Gasteiger partial charge in [-0.3, -0.25) is 9.48 Å². The van der Waals surface area contributed by atoms with E-state index in [9.17, 15) is 18.7 Å². The summed E-state index contributed by atoms with van der Waals surface area (Å²) in [6.45, 7) is 2.81. The van der Waals surface area contributed by atoms with E-state index >= 15 is 0 Å². The van der Waals surface area contributed by atoms with Crippen molar-refractivity contribution >= 4 is 5.91 Å². The van der Waals surface area contributed by atoms with Crippen molar-refractivity contribution < 1.29 is 23.4 Å². The maximum atomic E-state index is 12.6. The molecule has 0 saturated carbocycles. The van der Waals surface area contributed by atoms with Crippen molar-refractivity contribution in [3.05, 3.63) is 35.5 Å². The molecule has 0 spiro atoms. The lowest BCUT2D eigenvalue weighted by atomic mass is 9.85. The zero-order valence-electron chi connectivity index (χ0n) is 16.9. The van der Waals surface area contributed by atoms with Crippen molar-refractivity contribution in [2.24, 2.45) is 5.92 Å². The number of ether oxygens (including phenoxy) is 1. The number of fused-ring (bicyclic) bond motifs is 1. The Morgan fingerprint density at radius 3 is 2.79 bits per heavy atom. The molecule has 1 heterocycles. The summed E-state index contributed by atoms with van der Waals surface area (Å²) in [5.74, 6) is -0.161. The van der Waals surface area contributed by atoms with Crippen LogP contribution in [0.3, 0.4) is 0 Å². The molecule has 1 aromatic heterocycles. The molecule has 2 aromatic rings. The zero-order chi connectivity index (χ0) is 21.1. The lowest BCUT2D eigenvalue weighted by molar-refractivity contribution is -0.126. The van der Waals surface area contributed by atoms with Crippen LogP contribution in [0.4, 0.5) is 8.78 Å². The Bertz CT molecular complexity index is 867. The van der Waals surface area contributed by atoms with E-state index in [2.05, 4.69) is 10.1 Å². The quantitative estimate of drug-likeness (QED) is 0.738. The third kappa shape index (κ3) is 4.75. The van der Waals surface area contributed by atoms with Gasteiger partial charge in [0.05, 0.1) is 12.3 Å². The first kappa shape index (κ1) is 21.2. The van der Waals surface area contributed by atoms with Gasteiger partial charge in [0.15, 0.2) is 0 Å². The molecule has 1 aliphatic rings. The molecule has 1 aromatic carbocycles. The second-order valence-electron chi connectivity index (χ2n) is 7.75. The van der Waals surface area contributed by atoms with E-state index < -0.39 is 6.61 Å². The van der Waals surface area contributed by atoms with E-state index in [-0.39, 0.29) is 36.3 Å². The van der Waals surface area contributed by atoms with Gasteiger partial charge in [-0.05, 0) is 45.7 Å². The lowest BCUT2D eigenvalue weighted by Gasteiger charge is -2.25. The summed E-state index contributed by atoms with van der Waals surface area (Å²) in [4.78, 5) is 12.5. The van der Waals surface area contributed by atoms with Gasteiger partial charge in [0.2, 0.25) is 5.91 Å². The van der Waals surface area contributed by atoms with Crippen molar-refractivity contribution in [1.29, 1.82) is 0 Å². The molecule has 3 rings (SSSR count). The number of carbonyl (C=O) groups is 1. The molecule has 0 fully saturated rings. The van der Waals surface area contributed by atoms with Gasteiger partial charge in [-0.15, -0.1) is 0 Å². The van der Waals surface area contributed by atoms with Gasteiger partial charge in [-0.2, -0.15) is 13.9 Å². The average Bonchev–Trinajstić information content (AvgIpc) is 3.06. The number of amides is 1. The molecule has 0 bridgehead atoms. The monoisotopic (exact) mass is 407 g/mol. The Kier molecular flexibility index (Phi) is 6.52. The topological polar surface area (TPSA) is 76.4 Å². The van der Waals surface area contributed by atoms with Crippen LogP contribution in [-0.4, -0.2) is 40.1 Å². The number of rotatable bonds is 7. The smallest absolute Gasteiger partial charge is 0.387 e. The first-order valence-corrected chi connectivity index (χ1v) is 9.86. The molecule has 0 saturated heterocycles. The number of aliphatic hydroxyl groups is 1. The van der Waals surface area contributed by atoms with Gasteiger partial charge in [-0.25, -0.2) is 0 Å². The number of hydrogen-bond donors (Lipinski definition) is 2. The highest BCUT2D eigenvalue weighted by atomic mass is 19.3. The summed E-state index contributed by atoms with van der Waals surface area (Å²) in [5.41, 5.74) is 3.51. The fourth-order valence-electron chi connectivity index (χ4n) is 3.75. The number of nitrogens with one attached hydrogen (secondary N) is 1. The van der Waals surface area contributed by atoms with Crippen molar-refractivity contribution in [2.45, 2.75) is 58.7 Å². The molecule has 0 unspecified atom stereocenters. The number of hydrogen-bond acceptors (Lipinski definition) is 4. The van der Waals surface area contributed by atoms with Crippen LogP contribution in [0.25, 0.3) is 11.3 Å². The fourth-order valence-corrected chi connectivity index (χ4v) is 3.75. The van der Waals surface area contributed by atoms with E-state index in [4.69, 9.17) is 5.10 Å². The minimum atomic E-state index is -2.88. The molecule has 158 valence electrons. The first-order chi connectivity index (χ1) is 13.8. The number of halogens is 2. The molecule has 1 aliphatic carbocycles. The Hall–Kier alpha value is -2.48. The highest BCUT2D eigenvalue weighted by Gasteiger charge is 2.31. The maximum Gasteiger partial charge on any atom is 0.387 e. The van der Waals surface area contributed by atoms with Crippen LogP contribution in [0.15, 0.2) is 24.3 Å². The second kappa shape index (κ2) is 8.90. The van der Waals surface area contributed by atoms with E-state index in [0.29, 0.717) is 19.3 Å². The second-order valence-corrected chi connectivity index (χ2v) is 7.75. The fraction of sp³-hybridized carbons (Fsp3) is 0.524. The molecular weight excluding hydrogens is 380 g/mol. The van der Waals surface area contributed by atoms with Crippen LogP contribution in [0.2, 0.25) is 0 Å². The SMILES string of the molecule is CC(C)n1nc(-c2cccc(OC(F)F)c2)c2c1C[C@H](C(=O)N[C@@H](C)CO)CC2. The van der Waals surface area contributed by atoms with Crippen molar-refractivity contribution in [3.8, 4) is 17.0 Å². The Morgan fingerprint density at radius 1 is 1.38 bits per heavy atom. The number of aromatic nitrogens is 2. The summed E-state index contributed by atoms with van der Waals surface area (Å²) < 4.78 is 31.6. The summed E-state index contributed by atoms with van der Waals surface area (Å²) in [6.07, 6.45) is 1.89. The largest absolute Gasteiger partial charge is 0.435 e.